The summed E-state index contributed by atoms with van der Waals surface area (Å²) in [5, 5.41) is 0. The van der Waals surface area contributed by atoms with E-state index in [4.69, 9.17) is 4.74 Å². The number of imidazole rings is 1. The standard InChI is InChI=1S/C8H15N3O3S/c1-15(12,13)11-4-2-3-7-14-8-9-5-6-10-8/h5-6,11H,2-4,7H2,1H3,(H,9,10). The number of aromatic amines is 1. The van der Waals surface area contributed by atoms with Crippen molar-refractivity contribution in [1.82, 2.24) is 14.7 Å². The van der Waals surface area contributed by atoms with Gasteiger partial charge >= 0.3 is 0 Å². The fourth-order valence-corrected chi connectivity index (χ4v) is 1.50. The summed E-state index contributed by atoms with van der Waals surface area (Å²) in [6.45, 7) is 0.972. The van der Waals surface area contributed by atoms with E-state index in [1.807, 2.05) is 0 Å². The third kappa shape index (κ3) is 6.08. The van der Waals surface area contributed by atoms with Gasteiger partial charge in [-0.1, -0.05) is 0 Å². The van der Waals surface area contributed by atoms with Crippen molar-refractivity contribution in [1.29, 1.82) is 0 Å². The molecule has 0 bridgehead atoms. The van der Waals surface area contributed by atoms with Gasteiger partial charge in [0.05, 0.1) is 12.9 Å². The summed E-state index contributed by atoms with van der Waals surface area (Å²) in [6.07, 6.45) is 5.96. The highest BCUT2D eigenvalue weighted by molar-refractivity contribution is 7.88. The molecule has 0 atom stereocenters. The molecule has 1 rings (SSSR count). The minimum Gasteiger partial charge on any atom is -0.465 e. The first-order valence-corrected chi connectivity index (χ1v) is 6.54. The quantitative estimate of drug-likeness (QED) is 0.655. The summed E-state index contributed by atoms with van der Waals surface area (Å²) in [5.41, 5.74) is 0. The van der Waals surface area contributed by atoms with Crippen molar-refractivity contribution < 1.29 is 13.2 Å². The van der Waals surface area contributed by atoms with Gasteiger partial charge in [-0.3, -0.25) is 0 Å². The van der Waals surface area contributed by atoms with Crippen molar-refractivity contribution in [3.63, 3.8) is 0 Å². The van der Waals surface area contributed by atoms with E-state index in [0.29, 0.717) is 19.2 Å². The molecule has 1 aromatic rings. The van der Waals surface area contributed by atoms with Crippen LogP contribution in [-0.4, -0.2) is 37.8 Å². The van der Waals surface area contributed by atoms with Gasteiger partial charge in [0.25, 0.3) is 6.01 Å². The predicted molar refractivity (Wildman–Crippen MR) is 56.2 cm³/mol. The molecule has 1 heterocycles. The molecule has 0 aliphatic rings. The molecule has 2 N–H and O–H groups in total. The van der Waals surface area contributed by atoms with Crippen LogP contribution in [0.15, 0.2) is 12.4 Å². The Bertz CT molecular complexity index is 360. The highest BCUT2D eigenvalue weighted by Gasteiger charge is 1.99. The summed E-state index contributed by atoms with van der Waals surface area (Å²) in [6, 6.07) is 0.492. The van der Waals surface area contributed by atoms with Crippen molar-refractivity contribution in [2.45, 2.75) is 12.8 Å². The lowest BCUT2D eigenvalue weighted by Gasteiger charge is -2.03. The molecule has 0 saturated heterocycles. The van der Waals surface area contributed by atoms with Gasteiger partial charge in [-0.25, -0.2) is 18.1 Å². The molecule has 0 amide bonds. The Morgan fingerprint density at radius 3 is 2.93 bits per heavy atom. The fraction of sp³-hybridized carbons (Fsp3) is 0.625. The number of hydrogen-bond acceptors (Lipinski definition) is 4. The van der Waals surface area contributed by atoms with E-state index in [1.54, 1.807) is 12.4 Å². The molecule has 15 heavy (non-hydrogen) atoms. The van der Waals surface area contributed by atoms with Gasteiger partial charge in [0.2, 0.25) is 10.0 Å². The number of hydrogen-bond donors (Lipinski definition) is 2. The minimum absolute atomic E-state index is 0.445. The number of aromatic nitrogens is 2. The Hall–Kier alpha value is -1.08. The third-order valence-electron chi connectivity index (χ3n) is 1.65. The number of sulfonamides is 1. The molecular formula is C8H15N3O3S. The molecule has 0 fully saturated rings. The molecule has 0 aliphatic heterocycles. The zero-order valence-corrected chi connectivity index (χ0v) is 9.38. The molecule has 0 spiro atoms. The van der Waals surface area contributed by atoms with Crippen molar-refractivity contribution in [2.75, 3.05) is 19.4 Å². The first-order valence-electron chi connectivity index (χ1n) is 4.65. The zero-order chi connectivity index (χ0) is 11.1. The van der Waals surface area contributed by atoms with Gasteiger partial charge in [-0.15, -0.1) is 0 Å². The number of ether oxygens (including phenoxy) is 1. The maximum absolute atomic E-state index is 10.7. The smallest absolute Gasteiger partial charge is 0.293 e. The molecule has 7 heteroatoms. The third-order valence-corrected chi connectivity index (χ3v) is 2.38. The van der Waals surface area contributed by atoms with E-state index in [0.717, 1.165) is 19.1 Å². The highest BCUT2D eigenvalue weighted by Crippen LogP contribution is 1.99. The highest BCUT2D eigenvalue weighted by atomic mass is 32.2. The molecule has 1 aromatic heterocycles. The van der Waals surface area contributed by atoms with Gasteiger partial charge in [0.1, 0.15) is 0 Å². The van der Waals surface area contributed by atoms with Crippen molar-refractivity contribution in [3.05, 3.63) is 12.4 Å². The normalized spacial score (nSPS) is 11.5. The van der Waals surface area contributed by atoms with Gasteiger partial charge in [-0.05, 0) is 12.8 Å². The average molecular weight is 233 g/mol. The van der Waals surface area contributed by atoms with Gasteiger partial charge in [-0.2, -0.15) is 0 Å². The monoisotopic (exact) mass is 233 g/mol. The van der Waals surface area contributed by atoms with Gasteiger partial charge in [0.15, 0.2) is 0 Å². The molecular weight excluding hydrogens is 218 g/mol. The van der Waals surface area contributed by atoms with Crippen molar-refractivity contribution >= 4 is 10.0 Å². The van der Waals surface area contributed by atoms with Crippen LogP contribution < -0.4 is 9.46 Å². The number of unbranched alkanes of at least 4 members (excludes halogenated alkanes) is 1. The van der Waals surface area contributed by atoms with Crippen LogP contribution in [0.1, 0.15) is 12.8 Å². The molecule has 0 radical (unpaired) electrons. The van der Waals surface area contributed by atoms with Crippen LogP contribution >= 0.6 is 0 Å². The lowest BCUT2D eigenvalue weighted by molar-refractivity contribution is 0.286. The summed E-state index contributed by atoms with van der Waals surface area (Å²) < 4.78 is 29.0. The average Bonchev–Trinajstić information content (AvgIpc) is 2.61. The van der Waals surface area contributed by atoms with E-state index in [-0.39, 0.29) is 0 Å². The summed E-state index contributed by atoms with van der Waals surface area (Å²) >= 11 is 0. The second-order valence-corrected chi connectivity index (χ2v) is 4.95. The number of rotatable bonds is 7. The Labute approximate surface area is 89.1 Å². The minimum atomic E-state index is -3.06. The first kappa shape index (κ1) is 12.0. The summed E-state index contributed by atoms with van der Waals surface area (Å²) in [4.78, 5) is 6.69. The van der Waals surface area contributed by atoms with Crippen LogP contribution in [-0.2, 0) is 10.0 Å². The van der Waals surface area contributed by atoms with Crippen molar-refractivity contribution in [3.8, 4) is 6.01 Å². The largest absolute Gasteiger partial charge is 0.465 e. The fourth-order valence-electron chi connectivity index (χ4n) is 0.983. The van der Waals surface area contributed by atoms with Gasteiger partial charge in [0, 0.05) is 18.9 Å². The number of nitrogens with zero attached hydrogens (tertiary/aromatic N) is 1. The summed E-state index contributed by atoms with van der Waals surface area (Å²) in [7, 11) is -3.06. The number of nitrogens with one attached hydrogen (secondary N) is 2. The molecule has 86 valence electrons. The lowest BCUT2D eigenvalue weighted by atomic mass is 10.3. The van der Waals surface area contributed by atoms with Crippen LogP contribution in [0.4, 0.5) is 0 Å². The zero-order valence-electron chi connectivity index (χ0n) is 8.56. The van der Waals surface area contributed by atoms with Crippen LogP contribution in [0.25, 0.3) is 0 Å². The maximum atomic E-state index is 10.7. The molecule has 0 aliphatic carbocycles. The summed E-state index contributed by atoms with van der Waals surface area (Å²) in [5.74, 6) is 0. The van der Waals surface area contributed by atoms with E-state index in [2.05, 4.69) is 14.7 Å². The molecule has 6 nitrogen and oxygen atoms in total. The van der Waals surface area contributed by atoms with Crippen LogP contribution in [0.2, 0.25) is 0 Å². The Morgan fingerprint density at radius 1 is 1.53 bits per heavy atom. The number of H-pyrrole nitrogens is 1. The van der Waals surface area contributed by atoms with E-state index in [9.17, 15) is 8.42 Å². The second-order valence-electron chi connectivity index (χ2n) is 3.12. The maximum Gasteiger partial charge on any atom is 0.293 e. The van der Waals surface area contributed by atoms with Crippen LogP contribution in [0.5, 0.6) is 6.01 Å². The Morgan fingerprint density at radius 2 is 2.33 bits per heavy atom. The van der Waals surface area contributed by atoms with E-state index < -0.39 is 10.0 Å². The van der Waals surface area contributed by atoms with Crippen LogP contribution in [0, 0.1) is 0 Å². The lowest BCUT2D eigenvalue weighted by Crippen LogP contribution is -2.23. The van der Waals surface area contributed by atoms with E-state index >= 15 is 0 Å². The van der Waals surface area contributed by atoms with Crippen molar-refractivity contribution in [2.24, 2.45) is 0 Å². The predicted octanol–water partition coefficient (Wildman–Crippen LogP) is 0.118. The topological polar surface area (TPSA) is 84.1 Å². The van der Waals surface area contributed by atoms with Gasteiger partial charge < -0.3 is 9.72 Å². The molecule has 0 unspecified atom stereocenters. The Balaban J connectivity index is 1.99. The second kappa shape index (κ2) is 5.72. The van der Waals surface area contributed by atoms with E-state index in [1.165, 1.54) is 0 Å². The van der Waals surface area contributed by atoms with Crippen LogP contribution in [0.3, 0.4) is 0 Å². The molecule has 0 saturated carbocycles. The molecule has 0 aromatic carbocycles. The Kier molecular flexibility index (Phi) is 4.57. The first-order chi connectivity index (χ1) is 7.08. The SMILES string of the molecule is CS(=O)(=O)NCCCCOc1ncc[nH]1.